The number of terminal acetylenes is 1. The minimum Gasteiger partial charge on any atom is -0.389 e. The molecule has 0 saturated carbocycles. The molecule has 1 aliphatic heterocycles. The molecule has 0 aromatic rings. The number of likely N-dealkylation sites (tertiary alicyclic amines) is 1. The smallest absolute Gasteiger partial charge is 0.0900 e. The van der Waals surface area contributed by atoms with E-state index in [0.29, 0.717) is 31.7 Å². The highest BCUT2D eigenvalue weighted by molar-refractivity contribution is 4.92. The summed E-state index contributed by atoms with van der Waals surface area (Å²) in [6.45, 7) is 9.45. The molecular formula is C16H29NO2. The van der Waals surface area contributed by atoms with Crippen LogP contribution < -0.4 is 0 Å². The van der Waals surface area contributed by atoms with Crippen LogP contribution in [0.25, 0.3) is 0 Å². The van der Waals surface area contributed by atoms with Crippen molar-refractivity contribution < 1.29 is 9.84 Å². The van der Waals surface area contributed by atoms with E-state index in [-0.39, 0.29) is 5.60 Å². The second-order valence-corrected chi connectivity index (χ2v) is 6.43. The first-order chi connectivity index (χ1) is 8.85. The number of hydrogen-bond acceptors (Lipinski definition) is 3. The van der Waals surface area contributed by atoms with Crippen LogP contribution in [0.1, 0.15) is 53.4 Å². The Morgan fingerprint density at radius 1 is 1.37 bits per heavy atom. The molecule has 3 heteroatoms. The number of hydrogen-bond donors (Lipinski definition) is 1. The van der Waals surface area contributed by atoms with Gasteiger partial charge in [-0.25, -0.2) is 0 Å². The van der Waals surface area contributed by atoms with Crippen molar-refractivity contribution >= 4 is 0 Å². The molecule has 0 radical (unpaired) electrons. The molecule has 1 aliphatic rings. The predicted molar refractivity (Wildman–Crippen MR) is 79.0 cm³/mol. The van der Waals surface area contributed by atoms with E-state index in [1.54, 1.807) is 0 Å². The maximum absolute atomic E-state index is 10.2. The van der Waals surface area contributed by atoms with Gasteiger partial charge in [-0.05, 0) is 40.5 Å². The van der Waals surface area contributed by atoms with Gasteiger partial charge in [-0.1, -0.05) is 6.42 Å². The Morgan fingerprint density at radius 2 is 1.95 bits per heavy atom. The fourth-order valence-corrected chi connectivity index (χ4v) is 2.75. The lowest BCUT2D eigenvalue weighted by atomic mass is 9.97. The van der Waals surface area contributed by atoms with E-state index in [4.69, 9.17) is 11.2 Å². The molecule has 0 amide bonds. The fraction of sp³-hybridized carbons (Fsp3) is 0.875. The number of β-amino-alcohol motifs (C(OH)–C–C–N with tert-alkyl or cyclic N) is 1. The van der Waals surface area contributed by atoms with Gasteiger partial charge in [0.25, 0.3) is 0 Å². The summed E-state index contributed by atoms with van der Waals surface area (Å²) in [6.07, 6.45) is 9.17. The third kappa shape index (κ3) is 5.52. The van der Waals surface area contributed by atoms with Crippen LogP contribution in [-0.2, 0) is 4.74 Å². The Labute approximate surface area is 118 Å². The number of piperidine rings is 1. The standard InChI is InChI=1S/C16H29NO2/c1-6-10-16(4,5)19-12-15(18)11-17-13(2)8-7-9-14(17)3/h1,13-15,18H,7-12H2,2-5H3/t13-,14-,15-/m1/s1. The van der Waals surface area contributed by atoms with Gasteiger partial charge in [-0.2, -0.15) is 0 Å². The van der Waals surface area contributed by atoms with Crippen LogP contribution in [0.4, 0.5) is 0 Å². The van der Waals surface area contributed by atoms with E-state index in [1.807, 2.05) is 13.8 Å². The first-order valence-electron chi connectivity index (χ1n) is 7.37. The lowest BCUT2D eigenvalue weighted by Crippen LogP contribution is -2.48. The zero-order valence-corrected chi connectivity index (χ0v) is 12.9. The molecule has 1 heterocycles. The molecule has 1 rings (SSSR count). The van der Waals surface area contributed by atoms with Crippen LogP contribution >= 0.6 is 0 Å². The third-order valence-electron chi connectivity index (χ3n) is 3.99. The summed E-state index contributed by atoms with van der Waals surface area (Å²) >= 11 is 0. The Kier molecular flexibility index (Phi) is 6.32. The van der Waals surface area contributed by atoms with Gasteiger partial charge < -0.3 is 9.84 Å². The highest BCUT2D eigenvalue weighted by Crippen LogP contribution is 2.23. The van der Waals surface area contributed by atoms with Gasteiger partial charge in [0.1, 0.15) is 0 Å². The van der Waals surface area contributed by atoms with Gasteiger partial charge >= 0.3 is 0 Å². The molecule has 110 valence electrons. The maximum Gasteiger partial charge on any atom is 0.0900 e. The molecule has 1 N–H and O–H groups in total. The Morgan fingerprint density at radius 3 is 2.47 bits per heavy atom. The second-order valence-electron chi connectivity index (χ2n) is 6.43. The molecule has 0 spiro atoms. The largest absolute Gasteiger partial charge is 0.389 e. The van der Waals surface area contributed by atoms with Crippen molar-refractivity contribution in [1.82, 2.24) is 4.90 Å². The summed E-state index contributed by atoms with van der Waals surface area (Å²) in [5, 5.41) is 10.2. The zero-order valence-electron chi connectivity index (χ0n) is 12.9. The molecule has 3 atom stereocenters. The van der Waals surface area contributed by atoms with Crippen LogP contribution in [0.5, 0.6) is 0 Å². The number of rotatable bonds is 6. The predicted octanol–water partition coefficient (Wildman–Crippen LogP) is 2.43. The van der Waals surface area contributed by atoms with Crippen molar-refractivity contribution in [2.24, 2.45) is 0 Å². The Hall–Kier alpha value is -0.560. The van der Waals surface area contributed by atoms with Crippen molar-refractivity contribution in [1.29, 1.82) is 0 Å². The quantitative estimate of drug-likeness (QED) is 0.750. The summed E-state index contributed by atoms with van der Waals surface area (Å²) in [5.41, 5.74) is -0.352. The zero-order chi connectivity index (χ0) is 14.5. The van der Waals surface area contributed by atoms with Gasteiger partial charge in [0.05, 0.1) is 18.3 Å². The molecule has 3 nitrogen and oxygen atoms in total. The first kappa shape index (κ1) is 16.5. The molecule has 1 saturated heterocycles. The lowest BCUT2D eigenvalue weighted by Gasteiger charge is -2.40. The maximum atomic E-state index is 10.2. The van der Waals surface area contributed by atoms with Gasteiger partial charge in [0.15, 0.2) is 0 Å². The van der Waals surface area contributed by atoms with Gasteiger partial charge in [-0.3, -0.25) is 4.90 Å². The number of ether oxygens (including phenoxy) is 1. The molecule has 0 unspecified atom stereocenters. The summed E-state index contributed by atoms with van der Waals surface area (Å²) in [4.78, 5) is 2.39. The average molecular weight is 267 g/mol. The van der Waals surface area contributed by atoms with Gasteiger partial charge in [0.2, 0.25) is 0 Å². The highest BCUT2D eigenvalue weighted by Gasteiger charge is 2.27. The van der Waals surface area contributed by atoms with Crippen molar-refractivity contribution in [2.45, 2.75) is 77.2 Å². The summed E-state index contributed by atoms with van der Waals surface area (Å²) in [5.74, 6) is 2.61. The topological polar surface area (TPSA) is 32.7 Å². The third-order valence-corrected chi connectivity index (χ3v) is 3.99. The van der Waals surface area contributed by atoms with Crippen molar-refractivity contribution in [2.75, 3.05) is 13.2 Å². The monoisotopic (exact) mass is 267 g/mol. The van der Waals surface area contributed by atoms with Crippen molar-refractivity contribution in [3.05, 3.63) is 0 Å². The molecule has 1 fully saturated rings. The molecule has 0 aromatic heterocycles. The minimum atomic E-state index is -0.444. The fourth-order valence-electron chi connectivity index (χ4n) is 2.75. The molecule has 0 bridgehead atoms. The highest BCUT2D eigenvalue weighted by atomic mass is 16.5. The van der Waals surface area contributed by atoms with Crippen LogP contribution in [0.2, 0.25) is 0 Å². The second kappa shape index (κ2) is 7.28. The molecule has 0 aromatic carbocycles. The summed E-state index contributed by atoms with van der Waals surface area (Å²) in [7, 11) is 0. The SMILES string of the molecule is C#CCC(C)(C)OC[C@H](O)CN1[C@H](C)CCC[C@H]1C. The van der Waals surface area contributed by atoms with Crippen LogP contribution in [0.3, 0.4) is 0 Å². The number of aliphatic hydroxyl groups is 1. The van der Waals surface area contributed by atoms with Gasteiger partial charge in [0, 0.05) is 25.0 Å². The lowest BCUT2D eigenvalue weighted by molar-refractivity contribution is -0.0705. The normalized spacial score (nSPS) is 26.9. The van der Waals surface area contributed by atoms with E-state index in [2.05, 4.69) is 24.7 Å². The Bertz CT molecular complexity index is 298. The first-order valence-corrected chi connectivity index (χ1v) is 7.37. The van der Waals surface area contributed by atoms with E-state index >= 15 is 0 Å². The van der Waals surface area contributed by atoms with E-state index < -0.39 is 6.10 Å². The summed E-state index contributed by atoms with van der Waals surface area (Å²) in [6, 6.07) is 1.11. The van der Waals surface area contributed by atoms with Crippen molar-refractivity contribution in [3.8, 4) is 12.3 Å². The van der Waals surface area contributed by atoms with Crippen LogP contribution in [0, 0.1) is 12.3 Å². The average Bonchev–Trinajstić information content (AvgIpc) is 2.32. The molecular weight excluding hydrogens is 238 g/mol. The molecule has 19 heavy (non-hydrogen) atoms. The van der Waals surface area contributed by atoms with Crippen LogP contribution in [-0.4, -0.2) is 46.9 Å². The summed E-state index contributed by atoms with van der Waals surface area (Å²) < 4.78 is 5.72. The Balaban J connectivity index is 2.38. The van der Waals surface area contributed by atoms with E-state index in [0.717, 1.165) is 0 Å². The van der Waals surface area contributed by atoms with E-state index in [1.165, 1.54) is 19.3 Å². The van der Waals surface area contributed by atoms with E-state index in [9.17, 15) is 5.11 Å². The van der Waals surface area contributed by atoms with Crippen molar-refractivity contribution in [3.63, 3.8) is 0 Å². The van der Waals surface area contributed by atoms with Crippen LogP contribution in [0.15, 0.2) is 0 Å². The minimum absolute atomic E-state index is 0.352. The number of nitrogens with zero attached hydrogens (tertiary/aromatic N) is 1. The molecule has 0 aliphatic carbocycles. The van der Waals surface area contributed by atoms with Gasteiger partial charge in [-0.15, -0.1) is 12.3 Å². The number of aliphatic hydroxyl groups excluding tert-OH is 1.